The molecule has 2 rings (SSSR count). The Kier molecular flexibility index (Phi) is 8.83. The molecule has 0 radical (unpaired) electrons. The molecule has 164 valence electrons. The highest BCUT2D eigenvalue weighted by Gasteiger charge is 2.38. The maximum absolute atomic E-state index is 13.1. The van der Waals surface area contributed by atoms with E-state index in [1.807, 2.05) is 13.8 Å². The van der Waals surface area contributed by atoms with Crippen LogP contribution in [0.25, 0.3) is 0 Å². The smallest absolute Gasteiger partial charge is 0.328 e. The number of nitrogens with zero attached hydrogens (tertiary/aromatic N) is 1. The molecule has 1 aliphatic rings. The molecule has 1 N–H and O–H groups in total. The number of esters is 1. The standard InChI is InChI=1S/C21H27BrN2O6/c1-13(2)9-16(20(27)24-8-4-5-17(24)21(28)29-3)23-19(26)12-30-18-7-6-15(22)10-14(18)11-25/h6-7,10-11,13,16-17H,4-5,8-9,12H2,1-3H3,(H,23,26)/t16-,17-/m0/s1. The van der Waals surface area contributed by atoms with E-state index in [0.717, 1.165) is 4.47 Å². The normalized spacial score (nSPS) is 16.8. The van der Waals surface area contributed by atoms with Crippen molar-refractivity contribution in [3.8, 4) is 5.75 Å². The fraction of sp³-hybridized carbons (Fsp3) is 0.524. The van der Waals surface area contributed by atoms with Crippen molar-refractivity contribution < 1.29 is 28.7 Å². The van der Waals surface area contributed by atoms with Crippen LogP contribution in [0.15, 0.2) is 22.7 Å². The Morgan fingerprint density at radius 2 is 2.07 bits per heavy atom. The van der Waals surface area contributed by atoms with Gasteiger partial charge in [0.1, 0.15) is 17.8 Å². The lowest BCUT2D eigenvalue weighted by Gasteiger charge is -2.28. The summed E-state index contributed by atoms with van der Waals surface area (Å²) in [7, 11) is 1.30. The number of ether oxygens (including phenoxy) is 2. The van der Waals surface area contributed by atoms with E-state index in [9.17, 15) is 19.2 Å². The number of nitrogens with one attached hydrogen (secondary N) is 1. The van der Waals surface area contributed by atoms with Crippen LogP contribution in [0.1, 0.15) is 43.5 Å². The van der Waals surface area contributed by atoms with Gasteiger partial charge in [0.05, 0.1) is 12.7 Å². The lowest BCUT2D eigenvalue weighted by atomic mass is 10.0. The van der Waals surface area contributed by atoms with Gasteiger partial charge in [0.25, 0.3) is 5.91 Å². The molecule has 1 fully saturated rings. The summed E-state index contributed by atoms with van der Waals surface area (Å²) < 4.78 is 11.0. The fourth-order valence-corrected chi connectivity index (χ4v) is 3.81. The van der Waals surface area contributed by atoms with E-state index < -0.39 is 24.0 Å². The van der Waals surface area contributed by atoms with Gasteiger partial charge in [-0.25, -0.2) is 4.79 Å². The maximum Gasteiger partial charge on any atom is 0.328 e. The van der Waals surface area contributed by atoms with Crippen molar-refractivity contribution in [1.82, 2.24) is 10.2 Å². The molecule has 1 aliphatic heterocycles. The molecule has 2 atom stereocenters. The second-order valence-corrected chi connectivity index (χ2v) is 8.47. The zero-order chi connectivity index (χ0) is 22.3. The molecule has 1 saturated heterocycles. The van der Waals surface area contributed by atoms with E-state index in [-0.39, 0.29) is 24.2 Å². The zero-order valence-corrected chi connectivity index (χ0v) is 18.9. The highest BCUT2D eigenvalue weighted by Crippen LogP contribution is 2.22. The van der Waals surface area contributed by atoms with Gasteiger partial charge in [-0.3, -0.25) is 14.4 Å². The SMILES string of the molecule is COC(=O)[C@@H]1CCCN1C(=O)[C@H](CC(C)C)NC(=O)COc1ccc(Br)cc1C=O. The predicted octanol–water partition coefficient (Wildman–Crippen LogP) is 2.34. The van der Waals surface area contributed by atoms with Gasteiger partial charge in [0, 0.05) is 11.0 Å². The summed E-state index contributed by atoms with van der Waals surface area (Å²) in [6, 6.07) is 3.48. The summed E-state index contributed by atoms with van der Waals surface area (Å²) >= 11 is 3.27. The number of aldehydes is 1. The van der Waals surface area contributed by atoms with Crippen molar-refractivity contribution in [2.24, 2.45) is 5.92 Å². The van der Waals surface area contributed by atoms with Crippen LogP contribution in [0.5, 0.6) is 5.75 Å². The number of carbonyl (C=O) groups excluding carboxylic acids is 4. The van der Waals surface area contributed by atoms with Gasteiger partial charge in [-0.15, -0.1) is 0 Å². The molecule has 0 aromatic heterocycles. The lowest BCUT2D eigenvalue weighted by Crippen LogP contribution is -2.53. The molecule has 1 aromatic carbocycles. The molecule has 0 unspecified atom stereocenters. The first-order valence-corrected chi connectivity index (χ1v) is 10.6. The Balaban J connectivity index is 2.05. The van der Waals surface area contributed by atoms with Gasteiger partial charge in [-0.1, -0.05) is 29.8 Å². The van der Waals surface area contributed by atoms with Gasteiger partial charge in [0.2, 0.25) is 5.91 Å². The van der Waals surface area contributed by atoms with Crippen LogP contribution in [0.2, 0.25) is 0 Å². The Bertz CT molecular complexity index is 798. The molecule has 1 aromatic rings. The molecular formula is C21H27BrN2O6. The van der Waals surface area contributed by atoms with Crippen molar-refractivity contribution in [3.05, 3.63) is 28.2 Å². The second kappa shape index (κ2) is 11.1. The molecule has 0 aliphatic carbocycles. The monoisotopic (exact) mass is 482 g/mol. The summed E-state index contributed by atoms with van der Waals surface area (Å²) in [6.45, 7) is 4.00. The Hall–Kier alpha value is -2.42. The molecule has 1 heterocycles. The fourth-order valence-electron chi connectivity index (χ4n) is 3.43. The minimum atomic E-state index is -0.776. The van der Waals surface area contributed by atoms with Crippen LogP contribution in [-0.2, 0) is 19.1 Å². The van der Waals surface area contributed by atoms with Crippen LogP contribution >= 0.6 is 15.9 Å². The van der Waals surface area contributed by atoms with Gasteiger partial charge in [-0.2, -0.15) is 0 Å². The average Bonchev–Trinajstić information content (AvgIpc) is 3.20. The number of halogens is 1. The maximum atomic E-state index is 13.1. The second-order valence-electron chi connectivity index (χ2n) is 7.55. The van der Waals surface area contributed by atoms with Gasteiger partial charge in [-0.05, 0) is 43.4 Å². The van der Waals surface area contributed by atoms with Crippen LogP contribution in [-0.4, -0.2) is 61.3 Å². The minimum absolute atomic E-state index is 0.146. The number of hydrogen-bond acceptors (Lipinski definition) is 6. The van der Waals surface area contributed by atoms with E-state index in [2.05, 4.69) is 21.2 Å². The first-order valence-electron chi connectivity index (χ1n) is 9.82. The molecule has 0 saturated carbocycles. The molecule has 0 bridgehead atoms. The molecular weight excluding hydrogens is 456 g/mol. The first-order chi connectivity index (χ1) is 14.3. The molecule has 0 spiro atoms. The first kappa shape index (κ1) is 23.9. The van der Waals surface area contributed by atoms with E-state index in [1.165, 1.54) is 12.0 Å². The summed E-state index contributed by atoms with van der Waals surface area (Å²) in [5.41, 5.74) is 0.310. The summed E-state index contributed by atoms with van der Waals surface area (Å²) in [5.74, 6) is -0.812. The molecule has 30 heavy (non-hydrogen) atoms. The van der Waals surface area contributed by atoms with Crippen molar-refractivity contribution in [3.63, 3.8) is 0 Å². The van der Waals surface area contributed by atoms with Crippen molar-refractivity contribution in [2.75, 3.05) is 20.3 Å². The summed E-state index contributed by atoms with van der Waals surface area (Å²) in [6.07, 6.45) is 2.31. The quantitative estimate of drug-likeness (QED) is 0.428. The number of amides is 2. The van der Waals surface area contributed by atoms with Crippen LogP contribution < -0.4 is 10.1 Å². The van der Waals surface area contributed by atoms with Crippen molar-refractivity contribution in [2.45, 2.75) is 45.2 Å². The lowest BCUT2D eigenvalue weighted by molar-refractivity contribution is -0.152. The average molecular weight is 483 g/mol. The van der Waals surface area contributed by atoms with Crippen molar-refractivity contribution >= 4 is 40.0 Å². The molecule has 2 amide bonds. The Labute approximate surface area is 184 Å². The topological polar surface area (TPSA) is 102 Å². The number of rotatable bonds is 9. The number of benzene rings is 1. The Morgan fingerprint density at radius 1 is 1.33 bits per heavy atom. The predicted molar refractivity (Wildman–Crippen MR) is 113 cm³/mol. The largest absolute Gasteiger partial charge is 0.483 e. The third kappa shape index (κ3) is 6.29. The summed E-state index contributed by atoms with van der Waals surface area (Å²) in [5, 5.41) is 2.72. The van der Waals surface area contributed by atoms with E-state index >= 15 is 0 Å². The minimum Gasteiger partial charge on any atom is -0.483 e. The Morgan fingerprint density at radius 3 is 2.70 bits per heavy atom. The third-order valence-corrected chi connectivity index (χ3v) is 5.30. The summed E-state index contributed by atoms with van der Waals surface area (Å²) in [4.78, 5) is 50.2. The van der Waals surface area contributed by atoms with Crippen LogP contribution in [0.4, 0.5) is 0 Å². The van der Waals surface area contributed by atoms with Crippen molar-refractivity contribution in [1.29, 1.82) is 0 Å². The number of methoxy groups -OCH3 is 1. The van der Waals surface area contributed by atoms with Gasteiger partial charge < -0.3 is 19.7 Å². The number of hydrogen-bond donors (Lipinski definition) is 1. The third-order valence-electron chi connectivity index (χ3n) is 4.81. The van der Waals surface area contributed by atoms with Crippen LogP contribution in [0, 0.1) is 5.92 Å². The van der Waals surface area contributed by atoms with Crippen LogP contribution in [0.3, 0.4) is 0 Å². The number of likely N-dealkylation sites (tertiary alicyclic amines) is 1. The zero-order valence-electron chi connectivity index (χ0n) is 17.4. The van der Waals surface area contributed by atoms with Gasteiger partial charge >= 0.3 is 5.97 Å². The van der Waals surface area contributed by atoms with Gasteiger partial charge in [0.15, 0.2) is 12.9 Å². The molecule has 8 nitrogen and oxygen atoms in total. The number of carbonyl (C=O) groups is 4. The highest BCUT2D eigenvalue weighted by molar-refractivity contribution is 9.10. The van der Waals surface area contributed by atoms with E-state index in [0.29, 0.717) is 37.7 Å². The van der Waals surface area contributed by atoms with E-state index in [1.54, 1.807) is 18.2 Å². The molecule has 9 heteroatoms. The van der Waals surface area contributed by atoms with E-state index in [4.69, 9.17) is 9.47 Å². The highest BCUT2D eigenvalue weighted by atomic mass is 79.9.